The SMILES string of the molecule is COCCCCN1C(=O)NC(=O)C12CCC(C)CC2. The number of imide groups is 1. The number of methoxy groups -OCH3 is 1. The summed E-state index contributed by atoms with van der Waals surface area (Å²) in [4.78, 5) is 25.9. The lowest BCUT2D eigenvalue weighted by Gasteiger charge is -2.40. The fourth-order valence-corrected chi connectivity index (χ4v) is 3.17. The van der Waals surface area contributed by atoms with Crippen LogP contribution in [0.1, 0.15) is 45.4 Å². The van der Waals surface area contributed by atoms with E-state index in [1.165, 1.54) is 0 Å². The molecule has 0 aromatic rings. The second-order valence-corrected chi connectivity index (χ2v) is 5.82. The van der Waals surface area contributed by atoms with Gasteiger partial charge in [0, 0.05) is 20.3 Å². The van der Waals surface area contributed by atoms with E-state index in [1.807, 2.05) is 0 Å². The Morgan fingerprint density at radius 3 is 2.63 bits per heavy atom. The number of rotatable bonds is 5. The molecular weight excluding hydrogens is 244 g/mol. The number of hydrogen-bond donors (Lipinski definition) is 1. The lowest BCUT2D eigenvalue weighted by molar-refractivity contribution is -0.128. The van der Waals surface area contributed by atoms with Crippen molar-refractivity contribution in [2.45, 2.75) is 51.0 Å². The molecule has 2 fully saturated rings. The largest absolute Gasteiger partial charge is 0.385 e. The Kier molecular flexibility index (Phi) is 4.45. The molecule has 1 aliphatic heterocycles. The van der Waals surface area contributed by atoms with Crippen LogP contribution in [0.3, 0.4) is 0 Å². The van der Waals surface area contributed by atoms with E-state index in [2.05, 4.69) is 12.2 Å². The number of carbonyl (C=O) groups excluding carboxylic acids is 2. The monoisotopic (exact) mass is 268 g/mol. The Balaban J connectivity index is 2.01. The van der Waals surface area contributed by atoms with E-state index in [1.54, 1.807) is 12.0 Å². The predicted octanol–water partition coefficient (Wildman–Crippen LogP) is 1.91. The smallest absolute Gasteiger partial charge is 0.325 e. The third-order valence-electron chi connectivity index (χ3n) is 4.49. The predicted molar refractivity (Wildman–Crippen MR) is 71.7 cm³/mol. The van der Waals surface area contributed by atoms with E-state index in [0.717, 1.165) is 38.5 Å². The normalized spacial score (nSPS) is 31.1. The van der Waals surface area contributed by atoms with Crippen molar-refractivity contribution >= 4 is 11.9 Å². The summed E-state index contributed by atoms with van der Waals surface area (Å²) in [5.74, 6) is 0.570. The third kappa shape index (κ3) is 2.76. The van der Waals surface area contributed by atoms with Crippen LogP contribution >= 0.6 is 0 Å². The summed E-state index contributed by atoms with van der Waals surface area (Å²) < 4.78 is 5.02. The van der Waals surface area contributed by atoms with Crippen molar-refractivity contribution < 1.29 is 14.3 Å². The summed E-state index contributed by atoms with van der Waals surface area (Å²) in [6, 6.07) is -0.211. The third-order valence-corrected chi connectivity index (χ3v) is 4.49. The van der Waals surface area contributed by atoms with Gasteiger partial charge in [0.1, 0.15) is 5.54 Å². The van der Waals surface area contributed by atoms with Crippen molar-refractivity contribution in [3.05, 3.63) is 0 Å². The van der Waals surface area contributed by atoms with Crippen LogP contribution in [0.15, 0.2) is 0 Å². The molecule has 1 saturated carbocycles. The molecule has 5 heteroatoms. The van der Waals surface area contributed by atoms with Crippen LogP contribution in [-0.2, 0) is 9.53 Å². The number of ether oxygens (including phenoxy) is 1. The highest BCUT2D eigenvalue weighted by molar-refractivity contribution is 6.07. The first-order chi connectivity index (χ1) is 9.10. The first-order valence-electron chi connectivity index (χ1n) is 7.22. The number of urea groups is 1. The maximum absolute atomic E-state index is 12.2. The molecule has 1 spiro atoms. The van der Waals surface area contributed by atoms with Gasteiger partial charge in [0.25, 0.3) is 5.91 Å². The summed E-state index contributed by atoms with van der Waals surface area (Å²) in [6.07, 6.45) is 5.45. The molecule has 0 unspecified atom stereocenters. The summed E-state index contributed by atoms with van der Waals surface area (Å²) in [5.41, 5.74) is -0.559. The van der Waals surface area contributed by atoms with Crippen LogP contribution in [0, 0.1) is 5.92 Å². The lowest BCUT2D eigenvalue weighted by Crippen LogP contribution is -2.52. The Labute approximate surface area is 114 Å². The average molecular weight is 268 g/mol. The van der Waals surface area contributed by atoms with Crippen molar-refractivity contribution in [1.29, 1.82) is 0 Å². The van der Waals surface area contributed by atoms with Crippen LogP contribution in [0.4, 0.5) is 4.79 Å². The van der Waals surface area contributed by atoms with Gasteiger partial charge in [-0.1, -0.05) is 6.92 Å². The summed E-state index contributed by atoms with van der Waals surface area (Å²) in [6.45, 7) is 3.56. The molecule has 0 aromatic heterocycles. The van der Waals surface area contributed by atoms with E-state index < -0.39 is 5.54 Å². The summed E-state index contributed by atoms with van der Waals surface area (Å²) in [5, 5.41) is 2.50. The van der Waals surface area contributed by atoms with E-state index in [9.17, 15) is 9.59 Å². The molecule has 1 aliphatic carbocycles. The molecule has 1 N–H and O–H groups in total. The van der Waals surface area contributed by atoms with Crippen molar-refractivity contribution in [1.82, 2.24) is 10.2 Å². The molecule has 2 aliphatic rings. The molecule has 0 bridgehead atoms. The molecule has 3 amide bonds. The van der Waals surface area contributed by atoms with Crippen molar-refractivity contribution in [3.63, 3.8) is 0 Å². The molecule has 108 valence electrons. The Hall–Kier alpha value is -1.10. The Morgan fingerprint density at radius 2 is 2.00 bits per heavy atom. The van der Waals surface area contributed by atoms with Gasteiger partial charge < -0.3 is 9.64 Å². The van der Waals surface area contributed by atoms with Gasteiger partial charge in [-0.25, -0.2) is 4.79 Å². The minimum atomic E-state index is -0.559. The second kappa shape index (κ2) is 5.90. The highest BCUT2D eigenvalue weighted by atomic mass is 16.5. The first-order valence-corrected chi connectivity index (χ1v) is 7.22. The van der Waals surface area contributed by atoms with Crippen molar-refractivity contribution in [2.75, 3.05) is 20.3 Å². The van der Waals surface area contributed by atoms with Gasteiger partial charge in [-0.3, -0.25) is 10.1 Å². The number of hydrogen-bond acceptors (Lipinski definition) is 3. The Bertz CT molecular complexity index is 349. The molecular formula is C14H24N2O3. The van der Waals surface area contributed by atoms with E-state index in [4.69, 9.17) is 4.74 Å². The number of nitrogens with one attached hydrogen (secondary N) is 1. The van der Waals surface area contributed by atoms with Crippen LogP contribution in [0.25, 0.3) is 0 Å². The molecule has 0 atom stereocenters. The maximum Gasteiger partial charge on any atom is 0.325 e. The van der Waals surface area contributed by atoms with Gasteiger partial charge in [0.15, 0.2) is 0 Å². The zero-order valence-electron chi connectivity index (χ0n) is 11.9. The molecule has 1 saturated heterocycles. The summed E-state index contributed by atoms with van der Waals surface area (Å²) >= 11 is 0. The Morgan fingerprint density at radius 1 is 1.32 bits per heavy atom. The first kappa shape index (κ1) is 14.3. The minimum absolute atomic E-state index is 0.0869. The number of carbonyl (C=O) groups is 2. The van der Waals surface area contributed by atoms with Crippen LogP contribution < -0.4 is 5.32 Å². The quantitative estimate of drug-likeness (QED) is 0.612. The van der Waals surface area contributed by atoms with Crippen molar-refractivity contribution in [3.8, 4) is 0 Å². The highest BCUT2D eigenvalue weighted by Crippen LogP contribution is 2.39. The van der Waals surface area contributed by atoms with Gasteiger partial charge >= 0.3 is 6.03 Å². The topological polar surface area (TPSA) is 58.6 Å². The maximum atomic E-state index is 12.2. The molecule has 5 nitrogen and oxygen atoms in total. The van der Waals surface area contributed by atoms with Crippen molar-refractivity contribution in [2.24, 2.45) is 5.92 Å². The van der Waals surface area contributed by atoms with E-state index >= 15 is 0 Å². The molecule has 2 rings (SSSR count). The fraction of sp³-hybridized carbons (Fsp3) is 0.857. The fourth-order valence-electron chi connectivity index (χ4n) is 3.17. The molecule has 19 heavy (non-hydrogen) atoms. The molecule has 0 aromatic carbocycles. The molecule has 0 radical (unpaired) electrons. The van der Waals surface area contributed by atoms with Crippen LogP contribution in [0.2, 0.25) is 0 Å². The number of amides is 3. The van der Waals surface area contributed by atoms with E-state index in [0.29, 0.717) is 19.1 Å². The second-order valence-electron chi connectivity index (χ2n) is 5.82. The van der Waals surface area contributed by atoms with Gasteiger partial charge in [-0.2, -0.15) is 0 Å². The van der Waals surface area contributed by atoms with Gasteiger partial charge in [-0.05, 0) is 44.4 Å². The van der Waals surface area contributed by atoms with Gasteiger partial charge in [0.05, 0.1) is 0 Å². The minimum Gasteiger partial charge on any atom is -0.385 e. The van der Waals surface area contributed by atoms with Gasteiger partial charge in [-0.15, -0.1) is 0 Å². The zero-order valence-corrected chi connectivity index (χ0v) is 11.9. The van der Waals surface area contributed by atoms with E-state index in [-0.39, 0.29) is 11.9 Å². The zero-order chi connectivity index (χ0) is 13.9. The average Bonchev–Trinajstić information content (AvgIpc) is 2.61. The summed E-state index contributed by atoms with van der Waals surface area (Å²) in [7, 11) is 1.68. The standard InChI is InChI=1S/C14H24N2O3/c1-11-5-7-14(8-6-11)12(17)15-13(18)16(14)9-3-4-10-19-2/h11H,3-10H2,1-2H3,(H,15,17,18). The highest BCUT2D eigenvalue weighted by Gasteiger charge is 2.53. The number of unbranched alkanes of at least 4 members (excludes halogenated alkanes) is 1. The van der Waals surface area contributed by atoms with Crippen LogP contribution in [0.5, 0.6) is 0 Å². The molecule has 1 heterocycles. The van der Waals surface area contributed by atoms with Gasteiger partial charge in [0.2, 0.25) is 0 Å². The number of nitrogens with zero attached hydrogens (tertiary/aromatic N) is 1. The van der Waals surface area contributed by atoms with Crippen LogP contribution in [-0.4, -0.2) is 42.6 Å². The lowest BCUT2D eigenvalue weighted by atomic mass is 9.76.